The second kappa shape index (κ2) is 22.3. The molecule has 5 aromatic rings. The van der Waals surface area contributed by atoms with Gasteiger partial charge in [0.1, 0.15) is 23.9 Å². The van der Waals surface area contributed by atoms with Gasteiger partial charge >= 0.3 is 6.18 Å². The number of Topliss-reactive ketones (excluding diaryl/α,β-unsaturated/α-hetero) is 1. The fourth-order valence-corrected chi connectivity index (χ4v) is 10.2. The first-order valence-electron chi connectivity index (χ1n) is 23.7. The van der Waals surface area contributed by atoms with Gasteiger partial charge in [0.2, 0.25) is 11.8 Å². The number of rotatable bonds is 18. The Morgan fingerprint density at radius 2 is 1.60 bits per heavy atom. The number of alkyl halides is 3. The van der Waals surface area contributed by atoms with Crippen molar-refractivity contribution < 1.29 is 52.0 Å². The highest BCUT2D eigenvalue weighted by Crippen LogP contribution is 2.40. The van der Waals surface area contributed by atoms with Crippen molar-refractivity contribution >= 4 is 63.5 Å². The average molecular weight is 1040 g/mol. The number of likely N-dealkylation sites (tertiary alicyclic amines) is 1. The number of thiocarbonyl (C=S) groups is 1. The minimum atomic E-state index is -4.82. The van der Waals surface area contributed by atoms with E-state index in [0.29, 0.717) is 17.9 Å². The number of aryl methyl sites for hydroxylation is 2. The highest BCUT2D eigenvalue weighted by molar-refractivity contribution is 7.81. The molecule has 2 fully saturated rings. The molecule has 0 unspecified atom stereocenters. The number of carbonyl (C=O) groups is 4. The van der Waals surface area contributed by atoms with Crippen molar-refractivity contribution in [3.8, 4) is 33.4 Å². The molecule has 0 radical (unpaired) electrons. The number of nitrogens with one attached hydrogen (secondary N) is 1. The Kier molecular flexibility index (Phi) is 16.5. The van der Waals surface area contributed by atoms with E-state index in [1.165, 1.54) is 11.0 Å². The van der Waals surface area contributed by atoms with Crippen LogP contribution in [0.1, 0.15) is 76.3 Å². The van der Waals surface area contributed by atoms with Crippen LogP contribution < -0.4 is 19.9 Å². The molecule has 1 aromatic heterocycles. The molecule has 4 atom stereocenters. The van der Waals surface area contributed by atoms with Gasteiger partial charge in [-0.05, 0) is 110 Å². The topological polar surface area (TPSA) is 186 Å². The van der Waals surface area contributed by atoms with Crippen molar-refractivity contribution in [3.05, 3.63) is 119 Å². The monoisotopic (exact) mass is 1040 g/mol. The second-order valence-electron chi connectivity index (χ2n) is 19.7. The molecule has 0 spiro atoms. The standard InChI is InChI=1S/C54H57F3N6O8S2/c1-32-47(73-31-59-32)36-10-7-33(8-11-36)9-22-45(66)44-26-41(65)28-61(44)49(68)48(52(2,3)4)60-46(67)30-70-29-40(64)23-24-71-42-20-15-35(16-21-42)34-12-17-38(18-13-34)63-51(72)62(50(69)53(63,5)6)39-19-14-37(27-58)43(25-39)54(55,56)57/h7-8,10-21,25,31,40-41,44,48,64-65H,9,22-24,26,28-30H2,1-6H3,(H,60,67)/t40-,41-,44+,48-/m1/s1. The maximum absolute atomic E-state index is 14.0. The molecule has 4 aromatic carbocycles. The van der Waals surface area contributed by atoms with Crippen molar-refractivity contribution in [2.45, 2.75) is 103 Å². The lowest BCUT2D eigenvalue weighted by atomic mass is 9.85. The van der Waals surface area contributed by atoms with Gasteiger partial charge in [-0.2, -0.15) is 18.4 Å². The van der Waals surface area contributed by atoms with Crippen molar-refractivity contribution in [2.24, 2.45) is 5.41 Å². The molecule has 3 amide bonds. The molecule has 384 valence electrons. The quantitative estimate of drug-likeness (QED) is 0.0713. The lowest BCUT2D eigenvalue weighted by Crippen LogP contribution is -2.57. The number of ketones is 1. The van der Waals surface area contributed by atoms with Crippen LogP contribution in [0.4, 0.5) is 24.5 Å². The Balaban J connectivity index is 0.855. The molecule has 0 bridgehead atoms. The first kappa shape index (κ1) is 54.2. The molecule has 0 saturated carbocycles. The first-order chi connectivity index (χ1) is 34.5. The number of halogens is 3. The van der Waals surface area contributed by atoms with Gasteiger partial charge in [0.05, 0.1) is 70.4 Å². The van der Waals surface area contributed by atoms with Crippen molar-refractivity contribution in [2.75, 3.05) is 36.2 Å². The Bertz CT molecular complexity index is 2880. The maximum atomic E-state index is 14.0. The average Bonchev–Trinajstić information content (AvgIpc) is 4.01. The minimum absolute atomic E-state index is 0.0139. The van der Waals surface area contributed by atoms with Gasteiger partial charge in [-0.3, -0.25) is 24.1 Å². The number of nitriles is 1. The van der Waals surface area contributed by atoms with Crippen LogP contribution >= 0.6 is 23.6 Å². The Labute approximate surface area is 431 Å². The summed E-state index contributed by atoms with van der Waals surface area (Å²) < 4.78 is 52.7. The molecular formula is C54H57F3N6O8S2. The van der Waals surface area contributed by atoms with Crippen LogP contribution in [-0.2, 0) is 36.5 Å². The number of carbonyl (C=O) groups excluding carboxylic acids is 4. The molecule has 14 nitrogen and oxygen atoms in total. The third kappa shape index (κ3) is 12.5. The third-order valence-corrected chi connectivity index (χ3v) is 14.2. The van der Waals surface area contributed by atoms with Crippen LogP contribution in [0.25, 0.3) is 21.6 Å². The number of aliphatic hydroxyl groups is 2. The summed E-state index contributed by atoms with van der Waals surface area (Å²) in [7, 11) is 0. The highest BCUT2D eigenvalue weighted by Gasteiger charge is 2.51. The van der Waals surface area contributed by atoms with Crippen molar-refractivity contribution in [1.82, 2.24) is 15.2 Å². The zero-order valence-electron chi connectivity index (χ0n) is 41.2. The van der Waals surface area contributed by atoms with E-state index in [2.05, 4.69) is 10.3 Å². The van der Waals surface area contributed by atoms with Gasteiger partial charge in [0.15, 0.2) is 10.9 Å². The number of hydrogen-bond acceptors (Lipinski definition) is 12. The van der Waals surface area contributed by atoms with Crippen LogP contribution in [-0.4, -0.2) is 105 Å². The number of nitrogens with zero attached hydrogens (tertiary/aromatic N) is 5. The fraction of sp³-hybridized carbons (Fsp3) is 0.389. The molecular weight excluding hydrogens is 982 g/mol. The van der Waals surface area contributed by atoms with Crippen molar-refractivity contribution in [3.63, 3.8) is 0 Å². The number of benzene rings is 4. The van der Waals surface area contributed by atoms with Gasteiger partial charge in [-0.25, -0.2) is 4.98 Å². The zero-order chi connectivity index (χ0) is 53.0. The van der Waals surface area contributed by atoms with Crippen LogP contribution in [0.15, 0.2) is 96.5 Å². The zero-order valence-corrected chi connectivity index (χ0v) is 42.9. The molecule has 2 saturated heterocycles. The van der Waals surface area contributed by atoms with E-state index in [9.17, 15) is 47.8 Å². The van der Waals surface area contributed by atoms with Crippen LogP contribution in [0, 0.1) is 23.7 Å². The summed E-state index contributed by atoms with van der Waals surface area (Å²) in [5.74, 6) is -1.22. The summed E-state index contributed by atoms with van der Waals surface area (Å²) in [6.07, 6.45) is -5.73. The SMILES string of the molecule is Cc1ncsc1-c1ccc(CCC(=O)[C@@H]2C[C@@H](O)CN2C(=O)[C@@H](NC(=O)COC[C@H](O)CCOc2ccc(-c3ccc(N4C(=S)N(c5ccc(C#N)c(C(F)(F)F)c5)C(=O)C4(C)C)cc3)cc2)C(C)(C)C)cc1. The maximum Gasteiger partial charge on any atom is 0.417 e. The Morgan fingerprint density at radius 3 is 2.21 bits per heavy atom. The Hall–Kier alpha value is -6.56. The van der Waals surface area contributed by atoms with Crippen LogP contribution in [0.2, 0.25) is 0 Å². The Morgan fingerprint density at radius 1 is 0.973 bits per heavy atom. The summed E-state index contributed by atoms with van der Waals surface area (Å²) in [6.45, 7) is 10.1. The summed E-state index contributed by atoms with van der Waals surface area (Å²) >= 11 is 7.23. The predicted octanol–water partition coefficient (Wildman–Crippen LogP) is 8.43. The molecule has 2 aliphatic heterocycles. The number of aromatic nitrogens is 1. The number of anilines is 2. The number of thiazole rings is 1. The molecule has 3 heterocycles. The van der Waals surface area contributed by atoms with Gasteiger partial charge in [-0.15, -0.1) is 11.3 Å². The van der Waals surface area contributed by atoms with Gasteiger partial charge in [-0.1, -0.05) is 69.3 Å². The number of ether oxygens (including phenoxy) is 2. The van der Waals surface area contributed by atoms with E-state index in [1.54, 1.807) is 86.7 Å². The number of β-amino-alcohol motifs (C(OH)–C–C–N with tert-alkyl or cyclic N) is 1. The lowest BCUT2D eigenvalue weighted by molar-refractivity contribution is -0.144. The first-order valence-corrected chi connectivity index (χ1v) is 25.0. The summed E-state index contributed by atoms with van der Waals surface area (Å²) in [5.41, 5.74) is 3.15. The smallest absolute Gasteiger partial charge is 0.417 e. The van der Waals surface area contributed by atoms with E-state index < -0.39 is 76.9 Å². The van der Waals surface area contributed by atoms with Gasteiger partial charge < -0.3 is 34.8 Å². The lowest BCUT2D eigenvalue weighted by Gasteiger charge is -2.35. The van der Waals surface area contributed by atoms with Crippen molar-refractivity contribution in [1.29, 1.82) is 5.26 Å². The number of aliphatic hydroxyl groups excluding tert-OH is 2. The number of amides is 3. The summed E-state index contributed by atoms with van der Waals surface area (Å²) in [4.78, 5) is 63.8. The van der Waals surface area contributed by atoms with E-state index in [0.717, 1.165) is 49.9 Å². The van der Waals surface area contributed by atoms with E-state index >= 15 is 0 Å². The molecule has 73 heavy (non-hydrogen) atoms. The molecule has 3 N–H and O–H groups in total. The largest absolute Gasteiger partial charge is 0.493 e. The van der Waals surface area contributed by atoms with Crippen LogP contribution in [0.3, 0.4) is 0 Å². The summed E-state index contributed by atoms with van der Waals surface area (Å²) in [6, 6.07) is 25.1. The normalized spacial score (nSPS) is 17.6. The van der Waals surface area contributed by atoms with Gasteiger partial charge in [0, 0.05) is 31.5 Å². The summed E-state index contributed by atoms with van der Waals surface area (Å²) in [5, 5.41) is 33.2. The molecule has 0 aliphatic carbocycles. The van der Waals surface area contributed by atoms with E-state index in [4.69, 9.17) is 21.7 Å². The highest BCUT2D eigenvalue weighted by atomic mass is 32.1. The molecule has 2 aliphatic rings. The second-order valence-corrected chi connectivity index (χ2v) is 20.9. The fourth-order valence-electron chi connectivity index (χ4n) is 8.91. The third-order valence-electron chi connectivity index (χ3n) is 12.9. The minimum Gasteiger partial charge on any atom is -0.493 e. The number of hydrogen-bond donors (Lipinski definition) is 3. The predicted molar refractivity (Wildman–Crippen MR) is 275 cm³/mol. The van der Waals surface area contributed by atoms with Gasteiger partial charge in [0.25, 0.3) is 5.91 Å². The molecule has 7 rings (SSSR count). The molecule has 19 heteroatoms. The van der Waals surface area contributed by atoms with Crippen LogP contribution in [0.5, 0.6) is 5.75 Å². The van der Waals surface area contributed by atoms with E-state index in [1.807, 2.05) is 55.5 Å². The van der Waals surface area contributed by atoms with E-state index in [-0.39, 0.29) is 55.6 Å².